The van der Waals surface area contributed by atoms with Crippen molar-refractivity contribution in [3.8, 4) is 0 Å². The van der Waals surface area contributed by atoms with Crippen LogP contribution in [-0.4, -0.2) is 42.1 Å². The molecule has 28 heavy (non-hydrogen) atoms. The van der Waals surface area contributed by atoms with Crippen molar-refractivity contribution in [3.63, 3.8) is 0 Å². The van der Waals surface area contributed by atoms with E-state index in [4.69, 9.17) is 0 Å². The number of likely N-dealkylation sites (tertiary alicyclic amines) is 1. The number of aryl methyl sites for hydroxylation is 2. The van der Waals surface area contributed by atoms with Gasteiger partial charge in [-0.3, -0.25) is 4.79 Å². The molecule has 2 fully saturated rings. The number of nitrogens with zero attached hydrogens (tertiary/aromatic N) is 2. The van der Waals surface area contributed by atoms with Crippen LogP contribution in [0.1, 0.15) is 24.0 Å². The maximum absolute atomic E-state index is 12.8. The largest absolute Gasteiger partial charge is 0.339 e. The van der Waals surface area contributed by atoms with Crippen molar-refractivity contribution >= 4 is 23.3 Å². The Balaban J connectivity index is 1.47. The third kappa shape index (κ3) is 3.09. The lowest BCUT2D eigenvalue weighted by atomic mass is 9.85. The quantitative estimate of drug-likeness (QED) is 0.843. The predicted octanol–water partition coefficient (Wildman–Crippen LogP) is 3.26. The van der Waals surface area contributed by atoms with Gasteiger partial charge in [0.25, 0.3) is 0 Å². The highest BCUT2D eigenvalue weighted by atomic mass is 16.2. The first-order chi connectivity index (χ1) is 13.5. The molecule has 0 aromatic heterocycles. The summed E-state index contributed by atoms with van der Waals surface area (Å²) in [6, 6.07) is 15.9. The standard InChI is InChI=1S/C22H26N4O2/c1-16-7-6-8-17(2)19(16)24-21(28)25-13-11-22(12-14-25)20(27)23-15-26(22)18-9-4-3-5-10-18/h3-10H,11-15H2,1-2H3,(H,23,27)(H,24,28). The minimum absolute atomic E-state index is 0.0613. The second kappa shape index (κ2) is 7.19. The Morgan fingerprint density at radius 1 is 1.00 bits per heavy atom. The molecule has 0 radical (unpaired) electrons. The summed E-state index contributed by atoms with van der Waals surface area (Å²) in [5, 5.41) is 6.05. The van der Waals surface area contributed by atoms with Gasteiger partial charge in [0.05, 0.1) is 6.67 Å². The Hall–Kier alpha value is -3.02. The molecule has 0 bridgehead atoms. The van der Waals surface area contributed by atoms with Gasteiger partial charge >= 0.3 is 6.03 Å². The molecule has 4 rings (SSSR count). The van der Waals surface area contributed by atoms with Crippen LogP contribution in [0.2, 0.25) is 0 Å². The van der Waals surface area contributed by atoms with Crippen LogP contribution in [0, 0.1) is 13.8 Å². The van der Waals surface area contributed by atoms with Gasteiger partial charge in [0.2, 0.25) is 5.91 Å². The molecule has 1 spiro atoms. The number of benzene rings is 2. The average Bonchev–Trinajstić information content (AvgIpc) is 3.02. The Kier molecular flexibility index (Phi) is 4.71. The molecule has 2 saturated heterocycles. The summed E-state index contributed by atoms with van der Waals surface area (Å²) in [6.45, 7) is 5.60. The summed E-state index contributed by atoms with van der Waals surface area (Å²) in [7, 11) is 0. The summed E-state index contributed by atoms with van der Waals surface area (Å²) in [6.07, 6.45) is 1.24. The molecule has 2 N–H and O–H groups in total. The van der Waals surface area contributed by atoms with Crippen molar-refractivity contribution in [2.45, 2.75) is 32.2 Å². The lowest BCUT2D eigenvalue weighted by molar-refractivity contribution is -0.124. The number of urea groups is 1. The fraction of sp³-hybridized carbons (Fsp3) is 0.364. The molecular weight excluding hydrogens is 352 g/mol. The number of amides is 3. The lowest BCUT2D eigenvalue weighted by Crippen LogP contribution is -2.57. The fourth-order valence-corrected chi connectivity index (χ4v) is 4.31. The van der Waals surface area contributed by atoms with Crippen LogP contribution in [0.4, 0.5) is 16.2 Å². The van der Waals surface area contributed by atoms with Crippen LogP contribution in [0.25, 0.3) is 0 Å². The Morgan fingerprint density at radius 3 is 2.29 bits per heavy atom. The minimum atomic E-state index is -0.573. The van der Waals surface area contributed by atoms with Crippen LogP contribution in [0.3, 0.4) is 0 Å². The van der Waals surface area contributed by atoms with E-state index in [1.54, 1.807) is 0 Å². The van der Waals surface area contributed by atoms with Gasteiger partial charge in [-0.05, 0) is 49.9 Å². The van der Waals surface area contributed by atoms with Gasteiger partial charge in [-0.1, -0.05) is 36.4 Å². The molecule has 2 heterocycles. The van der Waals surface area contributed by atoms with Crippen LogP contribution in [0.5, 0.6) is 0 Å². The molecule has 0 unspecified atom stereocenters. The number of rotatable bonds is 2. The minimum Gasteiger partial charge on any atom is -0.339 e. The highest BCUT2D eigenvalue weighted by molar-refractivity contribution is 5.95. The third-order valence-electron chi connectivity index (χ3n) is 6.00. The van der Waals surface area contributed by atoms with Gasteiger partial charge in [-0.15, -0.1) is 0 Å². The van der Waals surface area contributed by atoms with Crippen molar-refractivity contribution in [1.29, 1.82) is 0 Å². The molecule has 0 saturated carbocycles. The maximum atomic E-state index is 12.8. The van der Waals surface area contributed by atoms with Gasteiger partial charge in [0.15, 0.2) is 0 Å². The summed E-state index contributed by atoms with van der Waals surface area (Å²) >= 11 is 0. The van der Waals surface area contributed by atoms with Crippen molar-refractivity contribution in [2.24, 2.45) is 0 Å². The smallest absolute Gasteiger partial charge is 0.321 e. The zero-order valence-corrected chi connectivity index (χ0v) is 16.4. The van der Waals surface area contributed by atoms with Gasteiger partial charge in [-0.25, -0.2) is 4.79 Å². The van der Waals surface area contributed by atoms with Crippen LogP contribution >= 0.6 is 0 Å². The van der Waals surface area contributed by atoms with E-state index in [9.17, 15) is 9.59 Å². The van der Waals surface area contributed by atoms with Crippen LogP contribution < -0.4 is 15.5 Å². The summed E-state index contributed by atoms with van der Waals surface area (Å²) in [5.74, 6) is 0.0613. The van der Waals surface area contributed by atoms with Gasteiger partial charge in [0.1, 0.15) is 5.54 Å². The molecule has 0 atom stereocenters. The second-order valence-corrected chi connectivity index (χ2v) is 7.64. The molecule has 2 aliphatic rings. The Morgan fingerprint density at radius 2 is 1.64 bits per heavy atom. The van der Waals surface area contributed by atoms with E-state index in [-0.39, 0.29) is 11.9 Å². The Labute approximate surface area is 165 Å². The monoisotopic (exact) mass is 378 g/mol. The average molecular weight is 378 g/mol. The number of nitrogens with one attached hydrogen (secondary N) is 2. The molecule has 2 aliphatic heterocycles. The molecule has 146 valence electrons. The first-order valence-corrected chi connectivity index (χ1v) is 9.74. The number of carbonyl (C=O) groups is 2. The maximum Gasteiger partial charge on any atom is 0.321 e. The van der Waals surface area contributed by atoms with E-state index in [0.29, 0.717) is 32.6 Å². The van der Waals surface area contributed by atoms with Gasteiger partial charge < -0.3 is 20.4 Å². The highest BCUT2D eigenvalue weighted by Gasteiger charge is 2.50. The predicted molar refractivity (Wildman–Crippen MR) is 110 cm³/mol. The first-order valence-electron chi connectivity index (χ1n) is 9.74. The molecule has 0 aliphatic carbocycles. The number of hydrogen-bond acceptors (Lipinski definition) is 3. The number of anilines is 2. The molecule has 6 nitrogen and oxygen atoms in total. The van der Waals surface area contributed by atoms with Crippen molar-refractivity contribution in [1.82, 2.24) is 10.2 Å². The molecule has 2 aromatic rings. The van der Waals surface area contributed by atoms with Crippen LogP contribution in [0.15, 0.2) is 48.5 Å². The van der Waals surface area contributed by atoms with Crippen molar-refractivity contribution < 1.29 is 9.59 Å². The fourth-order valence-electron chi connectivity index (χ4n) is 4.31. The topological polar surface area (TPSA) is 64.7 Å². The number of piperidine rings is 1. The van der Waals surface area contributed by atoms with E-state index in [0.717, 1.165) is 22.5 Å². The van der Waals surface area contributed by atoms with Crippen molar-refractivity contribution in [2.75, 3.05) is 30.0 Å². The zero-order chi connectivity index (χ0) is 19.7. The number of para-hydroxylation sites is 2. The first kappa shape index (κ1) is 18.3. The van der Waals surface area contributed by atoms with E-state index in [1.165, 1.54) is 0 Å². The summed E-state index contributed by atoms with van der Waals surface area (Å²) in [5.41, 5.74) is 3.43. The van der Waals surface area contributed by atoms with E-state index < -0.39 is 5.54 Å². The highest BCUT2D eigenvalue weighted by Crippen LogP contribution is 2.36. The molecule has 3 amide bonds. The summed E-state index contributed by atoms with van der Waals surface area (Å²) in [4.78, 5) is 29.5. The molecular formula is C22H26N4O2. The van der Waals surface area contributed by atoms with Gasteiger partial charge in [-0.2, -0.15) is 0 Å². The summed E-state index contributed by atoms with van der Waals surface area (Å²) < 4.78 is 0. The van der Waals surface area contributed by atoms with E-state index in [2.05, 4.69) is 15.5 Å². The molecule has 6 heteroatoms. The third-order valence-corrected chi connectivity index (χ3v) is 6.00. The van der Waals surface area contributed by atoms with Gasteiger partial charge in [0, 0.05) is 24.5 Å². The second-order valence-electron chi connectivity index (χ2n) is 7.64. The molecule has 2 aromatic carbocycles. The van der Waals surface area contributed by atoms with Crippen LogP contribution in [-0.2, 0) is 4.79 Å². The lowest BCUT2D eigenvalue weighted by Gasteiger charge is -2.43. The SMILES string of the molecule is Cc1cccc(C)c1NC(=O)N1CCC2(CC1)C(=O)NCN2c1ccccc1. The zero-order valence-electron chi connectivity index (χ0n) is 16.4. The van der Waals surface area contributed by atoms with Crippen molar-refractivity contribution in [3.05, 3.63) is 59.7 Å². The Bertz CT molecular complexity index is 868. The number of hydrogen-bond donors (Lipinski definition) is 2. The van der Waals surface area contributed by atoms with E-state index >= 15 is 0 Å². The van der Waals surface area contributed by atoms with E-state index in [1.807, 2.05) is 67.3 Å². The normalized spacial score (nSPS) is 18.3. The number of carbonyl (C=O) groups excluding carboxylic acids is 2.